The van der Waals surface area contributed by atoms with Gasteiger partial charge in [-0.3, -0.25) is 14.5 Å². The van der Waals surface area contributed by atoms with Gasteiger partial charge in [0, 0.05) is 32.1 Å². The maximum absolute atomic E-state index is 12.3. The number of carbonyl (C=O) groups is 3. The van der Waals surface area contributed by atoms with Crippen molar-refractivity contribution in [2.45, 2.75) is 26.0 Å². The van der Waals surface area contributed by atoms with Gasteiger partial charge in [-0.25, -0.2) is 4.79 Å². The normalized spacial score (nSPS) is 14.4. The summed E-state index contributed by atoms with van der Waals surface area (Å²) in [6, 6.07) is 5.82. The number of urea groups is 1. The molecule has 1 heterocycles. The van der Waals surface area contributed by atoms with Gasteiger partial charge in [0.05, 0.1) is 0 Å². The van der Waals surface area contributed by atoms with Crippen LogP contribution in [-0.4, -0.2) is 54.4 Å². The maximum Gasteiger partial charge on any atom is 0.387 e. The summed E-state index contributed by atoms with van der Waals surface area (Å²) in [5, 5.41) is 2.61. The molecule has 9 heteroatoms. The van der Waals surface area contributed by atoms with Crippen LogP contribution in [0.3, 0.4) is 0 Å². The molecule has 2 rings (SSSR count). The molecule has 1 aliphatic rings. The van der Waals surface area contributed by atoms with Gasteiger partial charge in [-0.1, -0.05) is 18.2 Å². The lowest BCUT2D eigenvalue weighted by Crippen LogP contribution is -2.33. The van der Waals surface area contributed by atoms with Crippen molar-refractivity contribution >= 4 is 17.8 Å². The highest BCUT2D eigenvalue weighted by Crippen LogP contribution is 2.20. The van der Waals surface area contributed by atoms with Gasteiger partial charge in [0.2, 0.25) is 11.8 Å². The van der Waals surface area contributed by atoms with Crippen molar-refractivity contribution in [3.05, 3.63) is 29.8 Å². The SMILES string of the molecule is CN1CC(=O)N(CCCC(=O)NCc2ccccc2OC(F)F)C1=O. The Morgan fingerprint density at radius 1 is 1.32 bits per heavy atom. The number of carbonyl (C=O) groups excluding carboxylic acids is 3. The van der Waals surface area contributed by atoms with Gasteiger partial charge >= 0.3 is 12.6 Å². The van der Waals surface area contributed by atoms with E-state index in [1.165, 1.54) is 18.0 Å². The Labute approximate surface area is 143 Å². The number of amides is 4. The number of benzene rings is 1. The predicted molar refractivity (Wildman–Crippen MR) is 83.9 cm³/mol. The number of hydrogen-bond acceptors (Lipinski definition) is 4. The maximum atomic E-state index is 12.3. The van der Waals surface area contributed by atoms with E-state index in [9.17, 15) is 23.2 Å². The minimum Gasteiger partial charge on any atom is -0.434 e. The molecule has 1 saturated heterocycles. The lowest BCUT2D eigenvalue weighted by molar-refractivity contribution is -0.126. The standard InChI is InChI=1S/C16H19F2N3O4/c1-20-10-14(23)21(16(20)24)8-4-7-13(22)19-9-11-5-2-3-6-12(11)25-15(17)18/h2-3,5-6,15H,4,7-10H2,1H3,(H,19,22). The van der Waals surface area contributed by atoms with Gasteiger partial charge in [0.1, 0.15) is 12.3 Å². The average molecular weight is 355 g/mol. The first-order chi connectivity index (χ1) is 11.9. The van der Waals surface area contributed by atoms with E-state index in [1.54, 1.807) is 18.2 Å². The summed E-state index contributed by atoms with van der Waals surface area (Å²) in [5.41, 5.74) is 0.433. The molecule has 1 aromatic carbocycles. The van der Waals surface area contributed by atoms with Gasteiger partial charge < -0.3 is 15.0 Å². The van der Waals surface area contributed by atoms with Crippen molar-refractivity contribution in [1.82, 2.24) is 15.1 Å². The Balaban J connectivity index is 1.76. The first-order valence-corrected chi connectivity index (χ1v) is 7.73. The van der Waals surface area contributed by atoms with E-state index in [0.29, 0.717) is 12.0 Å². The van der Waals surface area contributed by atoms with Gasteiger partial charge in [-0.2, -0.15) is 8.78 Å². The zero-order valence-corrected chi connectivity index (χ0v) is 13.7. The van der Waals surface area contributed by atoms with E-state index in [2.05, 4.69) is 10.1 Å². The van der Waals surface area contributed by atoms with Crippen LogP contribution in [0.4, 0.5) is 13.6 Å². The Morgan fingerprint density at radius 3 is 2.68 bits per heavy atom. The van der Waals surface area contributed by atoms with Crippen LogP contribution in [0.25, 0.3) is 0 Å². The molecule has 0 aliphatic carbocycles. The monoisotopic (exact) mass is 355 g/mol. The molecule has 1 N–H and O–H groups in total. The Morgan fingerprint density at radius 2 is 2.04 bits per heavy atom. The van der Waals surface area contributed by atoms with Crippen LogP contribution in [0.2, 0.25) is 0 Å². The third kappa shape index (κ3) is 5.13. The van der Waals surface area contributed by atoms with Gasteiger partial charge in [0.25, 0.3) is 0 Å². The fourth-order valence-corrected chi connectivity index (χ4v) is 2.43. The highest BCUT2D eigenvalue weighted by molar-refractivity contribution is 6.01. The lowest BCUT2D eigenvalue weighted by atomic mass is 10.2. The molecule has 0 saturated carbocycles. The molecule has 25 heavy (non-hydrogen) atoms. The minimum atomic E-state index is -2.94. The first-order valence-electron chi connectivity index (χ1n) is 7.73. The number of nitrogens with one attached hydrogen (secondary N) is 1. The second-order valence-electron chi connectivity index (χ2n) is 5.55. The minimum absolute atomic E-state index is 0.00842. The summed E-state index contributed by atoms with van der Waals surface area (Å²) in [5.74, 6) is -0.584. The molecular weight excluding hydrogens is 336 g/mol. The summed E-state index contributed by atoms with van der Waals surface area (Å²) >= 11 is 0. The number of alkyl halides is 2. The highest BCUT2D eigenvalue weighted by atomic mass is 19.3. The van der Waals surface area contributed by atoms with Crippen LogP contribution in [0, 0.1) is 0 Å². The number of para-hydroxylation sites is 1. The number of ether oxygens (including phenoxy) is 1. The zero-order valence-electron chi connectivity index (χ0n) is 13.7. The molecule has 1 aromatic rings. The number of halogens is 2. The van der Waals surface area contributed by atoms with Gasteiger partial charge in [-0.15, -0.1) is 0 Å². The van der Waals surface area contributed by atoms with E-state index < -0.39 is 6.61 Å². The number of likely N-dealkylation sites (N-methyl/N-ethyl adjacent to an activating group) is 1. The molecule has 0 aromatic heterocycles. The Hall–Kier alpha value is -2.71. The van der Waals surface area contributed by atoms with Crippen molar-refractivity contribution in [3.63, 3.8) is 0 Å². The molecule has 1 fully saturated rings. The molecule has 1 aliphatic heterocycles. The molecule has 7 nitrogen and oxygen atoms in total. The van der Waals surface area contributed by atoms with Gasteiger partial charge in [0.15, 0.2) is 0 Å². The van der Waals surface area contributed by atoms with Crippen LogP contribution in [0.1, 0.15) is 18.4 Å². The number of nitrogens with zero attached hydrogens (tertiary/aromatic N) is 2. The summed E-state index contributed by atoms with van der Waals surface area (Å²) in [7, 11) is 1.53. The summed E-state index contributed by atoms with van der Waals surface area (Å²) < 4.78 is 29.1. The van der Waals surface area contributed by atoms with Crippen molar-refractivity contribution in [3.8, 4) is 5.75 Å². The lowest BCUT2D eigenvalue weighted by Gasteiger charge is -2.14. The smallest absolute Gasteiger partial charge is 0.387 e. The quantitative estimate of drug-likeness (QED) is 0.718. The predicted octanol–water partition coefficient (Wildman–Crippen LogP) is 1.58. The van der Waals surface area contributed by atoms with Crippen LogP contribution in [0.15, 0.2) is 24.3 Å². The summed E-state index contributed by atoms with van der Waals surface area (Å²) in [6.45, 7) is -2.68. The molecular formula is C16H19F2N3O4. The molecule has 0 radical (unpaired) electrons. The van der Waals surface area contributed by atoms with E-state index in [0.717, 1.165) is 4.90 Å². The van der Waals surface area contributed by atoms with Crippen molar-refractivity contribution in [2.24, 2.45) is 0 Å². The number of imide groups is 1. The Bertz CT molecular complexity index is 654. The second kappa shape index (κ2) is 8.41. The van der Waals surface area contributed by atoms with Crippen LogP contribution in [-0.2, 0) is 16.1 Å². The fourth-order valence-electron chi connectivity index (χ4n) is 2.43. The van der Waals surface area contributed by atoms with E-state index in [4.69, 9.17) is 0 Å². The molecule has 0 bridgehead atoms. The number of hydrogen-bond donors (Lipinski definition) is 1. The average Bonchev–Trinajstić information content (AvgIpc) is 2.79. The molecule has 4 amide bonds. The molecule has 0 unspecified atom stereocenters. The number of rotatable bonds is 8. The van der Waals surface area contributed by atoms with Crippen LogP contribution >= 0.6 is 0 Å². The molecule has 136 valence electrons. The Kier molecular flexibility index (Phi) is 6.26. The van der Waals surface area contributed by atoms with Crippen molar-refractivity contribution in [2.75, 3.05) is 20.1 Å². The van der Waals surface area contributed by atoms with Crippen molar-refractivity contribution < 1.29 is 27.9 Å². The van der Waals surface area contributed by atoms with E-state index in [-0.39, 0.29) is 49.7 Å². The second-order valence-corrected chi connectivity index (χ2v) is 5.55. The summed E-state index contributed by atoms with van der Waals surface area (Å²) in [6.07, 6.45) is 0.435. The largest absolute Gasteiger partial charge is 0.434 e. The summed E-state index contributed by atoms with van der Waals surface area (Å²) in [4.78, 5) is 37.5. The van der Waals surface area contributed by atoms with Gasteiger partial charge in [-0.05, 0) is 12.5 Å². The van der Waals surface area contributed by atoms with E-state index in [1.807, 2.05) is 0 Å². The fraction of sp³-hybridized carbons (Fsp3) is 0.438. The third-order valence-electron chi connectivity index (χ3n) is 3.68. The van der Waals surface area contributed by atoms with E-state index >= 15 is 0 Å². The molecule has 0 atom stereocenters. The van der Waals surface area contributed by atoms with Crippen LogP contribution < -0.4 is 10.1 Å². The topological polar surface area (TPSA) is 79.0 Å². The molecule has 0 spiro atoms. The zero-order chi connectivity index (χ0) is 18.4. The third-order valence-corrected chi connectivity index (χ3v) is 3.68. The first kappa shape index (κ1) is 18.6. The van der Waals surface area contributed by atoms with Crippen molar-refractivity contribution in [1.29, 1.82) is 0 Å². The van der Waals surface area contributed by atoms with Crippen LogP contribution in [0.5, 0.6) is 5.75 Å². The highest BCUT2D eigenvalue weighted by Gasteiger charge is 2.32.